The molecule has 2 aliphatic rings. The maximum absolute atomic E-state index is 12.0. The molecule has 2 heterocycles. The van der Waals surface area contributed by atoms with Gasteiger partial charge < -0.3 is 19.9 Å². The summed E-state index contributed by atoms with van der Waals surface area (Å²) in [7, 11) is 1.68. The topological polar surface area (TPSA) is 70.6 Å². The van der Waals surface area contributed by atoms with Gasteiger partial charge in [-0.2, -0.15) is 0 Å². The zero-order valence-corrected chi connectivity index (χ0v) is 15.6. The number of nitrogens with one attached hydrogen (secondary N) is 1. The number of piperazine rings is 1. The molecule has 0 radical (unpaired) electrons. The van der Waals surface area contributed by atoms with Gasteiger partial charge in [0, 0.05) is 37.8 Å². The van der Waals surface area contributed by atoms with Crippen molar-refractivity contribution in [3.8, 4) is 5.75 Å². The Morgan fingerprint density at radius 2 is 1.70 bits per heavy atom. The van der Waals surface area contributed by atoms with E-state index in [9.17, 15) is 4.79 Å². The fourth-order valence-electron chi connectivity index (χ4n) is 3.45. The van der Waals surface area contributed by atoms with Gasteiger partial charge >= 0.3 is 0 Å². The first-order valence-electron chi connectivity index (χ1n) is 9.51. The molecular formula is C20H25N5O2. The summed E-state index contributed by atoms with van der Waals surface area (Å²) in [5.41, 5.74) is 1.20. The normalized spacial score (nSPS) is 17.4. The summed E-state index contributed by atoms with van der Waals surface area (Å²) in [6.45, 7) is 3.62. The molecule has 27 heavy (non-hydrogen) atoms. The standard InChI is InChI=1S/C20H25N5O2/c1-27-17-7-5-16(6-8-17)24-11-13-25(14-12-24)19-10-9-18(22-23-19)21-20(26)15-3-2-4-15/h5-10,15H,2-4,11-14H2,1H3,(H,21,22,26). The van der Waals surface area contributed by atoms with Gasteiger partial charge in [-0.1, -0.05) is 6.42 Å². The summed E-state index contributed by atoms with van der Waals surface area (Å²) < 4.78 is 5.22. The van der Waals surface area contributed by atoms with Crippen LogP contribution >= 0.6 is 0 Å². The van der Waals surface area contributed by atoms with Gasteiger partial charge in [-0.3, -0.25) is 4.79 Å². The summed E-state index contributed by atoms with van der Waals surface area (Å²) >= 11 is 0. The van der Waals surface area contributed by atoms with Crippen molar-refractivity contribution in [3.05, 3.63) is 36.4 Å². The molecule has 1 aliphatic carbocycles. The molecular weight excluding hydrogens is 342 g/mol. The van der Waals surface area contributed by atoms with Crippen LogP contribution in [-0.4, -0.2) is 49.4 Å². The Morgan fingerprint density at radius 1 is 1.00 bits per heavy atom. The van der Waals surface area contributed by atoms with Gasteiger partial charge in [-0.25, -0.2) is 0 Å². The molecule has 1 aromatic heterocycles. The molecule has 1 saturated heterocycles. The molecule has 0 bridgehead atoms. The number of carbonyl (C=O) groups excluding carboxylic acids is 1. The smallest absolute Gasteiger partial charge is 0.228 e. The first kappa shape index (κ1) is 17.6. The number of methoxy groups -OCH3 is 1. The SMILES string of the molecule is COc1ccc(N2CCN(c3ccc(NC(=O)C4CCC4)nn3)CC2)cc1. The molecule has 1 aromatic carbocycles. The summed E-state index contributed by atoms with van der Waals surface area (Å²) in [6.07, 6.45) is 3.11. The lowest BCUT2D eigenvalue weighted by Crippen LogP contribution is -2.46. The van der Waals surface area contributed by atoms with Gasteiger partial charge in [0.1, 0.15) is 5.75 Å². The Kier molecular flexibility index (Phi) is 5.09. The van der Waals surface area contributed by atoms with Crippen LogP contribution in [0.3, 0.4) is 0 Å². The molecule has 4 rings (SSSR count). The van der Waals surface area contributed by atoms with Crippen LogP contribution < -0.4 is 19.9 Å². The number of amides is 1. The zero-order valence-electron chi connectivity index (χ0n) is 15.6. The van der Waals surface area contributed by atoms with Crippen molar-refractivity contribution >= 4 is 23.2 Å². The van der Waals surface area contributed by atoms with Crippen molar-refractivity contribution in [2.45, 2.75) is 19.3 Å². The first-order chi connectivity index (χ1) is 13.2. The summed E-state index contributed by atoms with van der Waals surface area (Å²) in [5.74, 6) is 2.48. The number of carbonyl (C=O) groups is 1. The fraction of sp³-hybridized carbons (Fsp3) is 0.450. The van der Waals surface area contributed by atoms with E-state index in [1.807, 2.05) is 24.3 Å². The van der Waals surface area contributed by atoms with E-state index >= 15 is 0 Å². The van der Waals surface area contributed by atoms with E-state index in [1.165, 1.54) is 5.69 Å². The Balaban J connectivity index is 1.31. The van der Waals surface area contributed by atoms with E-state index in [0.717, 1.165) is 57.0 Å². The molecule has 7 nitrogen and oxygen atoms in total. The lowest BCUT2D eigenvalue weighted by molar-refractivity contribution is -0.122. The van der Waals surface area contributed by atoms with Gasteiger partial charge in [0.05, 0.1) is 7.11 Å². The van der Waals surface area contributed by atoms with Crippen LogP contribution in [0.2, 0.25) is 0 Å². The molecule has 1 N–H and O–H groups in total. The van der Waals surface area contributed by atoms with Crippen molar-refractivity contribution in [1.82, 2.24) is 10.2 Å². The number of benzene rings is 1. The van der Waals surface area contributed by atoms with Gasteiger partial charge in [-0.15, -0.1) is 10.2 Å². The Bertz CT molecular complexity index is 766. The summed E-state index contributed by atoms with van der Waals surface area (Å²) in [5, 5.41) is 11.3. The Labute approximate surface area is 159 Å². The van der Waals surface area contributed by atoms with Gasteiger partial charge in [-0.05, 0) is 49.2 Å². The van der Waals surface area contributed by atoms with E-state index in [4.69, 9.17) is 4.74 Å². The van der Waals surface area contributed by atoms with Crippen LogP contribution in [0.25, 0.3) is 0 Å². The fourth-order valence-corrected chi connectivity index (χ4v) is 3.45. The Morgan fingerprint density at radius 3 is 2.26 bits per heavy atom. The van der Waals surface area contributed by atoms with Gasteiger partial charge in [0.25, 0.3) is 0 Å². The van der Waals surface area contributed by atoms with E-state index in [-0.39, 0.29) is 11.8 Å². The minimum Gasteiger partial charge on any atom is -0.497 e. The second-order valence-electron chi connectivity index (χ2n) is 7.07. The highest BCUT2D eigenvalue weighted by molar-refractivity contribution is 5.92. The predicted octanol–water partition coefficient (Wildman–Crippen LogP) is 2.55. The molecule has 0 unspecified atom stereocenters. The minimum absolute atomic E-state index is 0.0661. The third kappa shape index (κ3) is 3.97. The third-order valence-corrected chi connectivity index (χ3v) is 5.42. The number of ether oxygens (including phenoxy) is 1. The van der Waals surface area contributed by atoms with E-state index in [1.54, 1.807) is 7.11 Å². The maximum atomic E-state index is 12.0. The van der Waals surface area contributed by atoms with Crippen LogP contribution in [0.15, 0.2) is 36.4 Å². The van der Waals surface area contributed by atoms with E-state index in [2.05, 4.69) is 37.4 Å². The molecule has 1 saturated carbocycles. The number of rotatable bonds is 5. The second kappa shape index (κ2) is 7.82. The monoisotopic (exact) mass is 367 g/mol. The number of aromatic nitrogens is 2. The summed E-state index contributed by atoms with van der Waals surface area (Å²) in [6, 6.07) is 11.9. The molecule has 142 valence electrons. The molecule has 2 aromatic rings. The summed E-state index contributed by atoms with van der Waals surface area (Å²) in [4.78, 5) is 16.6. The van der Waals surface area contributed by atoms with E-state index < -0.39 is 0 Å². The molecule has 2 fully saturated rings. The highest BCUT2D eigenvalue weighted by Gasteiger charge is 2.25. The quantitative estimate of drug-likeness (QED) is 0.876. The van der Waals surface area contributed by atoms with Crippen LogP contribution in [0.5, 0.6) is 5.75 Å². The minimum atomic E-state index is 0.0661. The van der Waals surface area contributed by atoms with Gasteiger partial charge in [0.2, 0.25) is 5.91 Å². The van der Waals surface area contributed by atoms with Crippen molar-refractivity contribution < 1.29 is 9.53 Å². The predicted molar refractivity (Wildman–Crippen MR) is 105 cm³/mol. The van der Waals surface area contributed by atoms with Gasteiger partial charge in [0.15, 0.2) is 11.6 Å². The number of anilines is 3. The lowest BCUT2D eigenvalue weighted by Gasteiger charge is -2.36. The number of hydrogen-bond donors (Lipinski definition) is 1. The first-order valence-corrected chi connectivity index (χ1v) is 9.51. The molecule has 1 aliphatic heterocycles. The molecule has 7 heteroatoms. The van der Waals surface area contributed by atoms with Crippen LogP contribution in [0.1, 0.15) is 19.3 Å². The van der Waals surface area contributed by atoms with Crippen molar-refractivity contribution in [3.63, 3.8) is 0 Å². The van der Waals surface area contributed by atoms with Crippen LogP contribution in [0, 0.1) is 5.92 Å². The van der Waals surface area contributed by atoms with Crippen molar-refractivity contribution in [2.24, 2.45) is 5.92 Å². The highest BCUT2D eigenvalue weighted by Crippen LogP contribution is 2.27. The lowest BCUT2D eigenvalue weighted by atomic mass is 9.85. The highest BCUT2D eigenvalue weighted by atomic mass is 16.5. The molecule has 0 atom stereocenters. The molecule has 0 spiro atoms. The largest absolute Gasteiger partial charge is 0.497 e. The zero-order chi connectivity index (χ0) is 18.6. The third-order valence-electron chi connectivity index (χ3n) is 5.42. The van der Waals surface area contributed by atoms with Crippen LogP contribution in [0.4, 0.5) is 17.3 Å². The molecule has 1 amide bonds. The average Bonchev–Trinajstić information content (AvgIpc) is 2.67. The average molecular weight is 367 g/mol. The van der Waals surface area contributed by atoms with Crippen LogP contribution in [-0.2, 0) is 4.79 Å². The number of hydrogen-bond acceptors (Lipinski definition) is 6. The Hall–Kier alpha value is -2.83. The maximum Gasteiger partial charge on any atom is 0.228 e. The van der Waals surface area contributed by atoms with E-state index in [0.29, 0.717) is 5.82 Å². The second-order valence-corrected chi connectivity index (χ2v) is 7.07. The number of nitrogens with zero attached hydrogens (tertiary/aromatic N) is 4. The van der Waals surface area contributed by atoms with Crippen molar-refractivity contribution in [2.75, 3.05) is 48.4 Å². The van der Waals surface area contributed by atoms with Crippen molar-refractivity contribution in [1.29, 1.82) is 0 Å².